The number of ether oxygens (including phenoxy) is 1. The molecule has 0 aliphatic carbocycles. The van der Waals surface area contributed by atoms with Gasteiger partial charge in [0.1, 0.15) is 11.3 Å². The molecule has 1 amide bonds. The number of hydrogen-bond donors (Lipinski definition) is 2. The SMILES string of the molecule is COCCc1nc2c(N)nc3ccccc3c2n1CCCCNS(=O)(=O)c1ccc2c(c1)CN(C(=O)C(F)(F)F)CC2. The number of carbonyl (C=O) groups is 1. The molecule has 0 radical (unpaired) electrons. The molecule has 224 valence electrons. The Morgan fingerprint density at radius 1 is 1.12 bits per heavy atom. The molecule has 0 saturated carbocycles. The number of methoxy groups -OCH3 is 1. The van der Waals surface area contributed by atoms with Crippen molar-refractivity contribution < 1.29 is 31.1 Å². The molecular formula is C28H31F3N6O4S. The van der Waals surface area contributed by atoms with E-state index in [4.69, 9.17) is 15.5 Å². The van der Waals surface area contributed by atoms with E-state index < -0.39 is 22.1 Å². The average molecular weight is 605 g/mol. The summed E-state index contributed by atoms with van der Waals surface area (Å²) < 4.78 is 74.6. The summed E-state index contributed by atoms with van der Waals surface area (Å²) in [7, 11) is -2.30. The Balaban J connectivity index is 1.26. The zero-order chi connectivity index (χ0) is 30.1. The highest BCUT2D eigenvalue weighted by Crippen LogP contribution is 2.30. The third-order valence-corrected chi connectivity index (χ3v) is 8.81. The zero-order valence-corrected chi connectivity index (χ0v) is 23.8. The molecule has 10 nitrogen and oxygen atoms in total. The normalized spacial score (nSPS) is 14.0. The van der Waals surface area contributed by atoms with E-state index in [9.17, 15) is 26.4 Å². The standard InChI is InChI=1S/C28H31F3N6O4S/c1-41-15-11-23-35-24-25(21-6-2-3-7-22(21)34-26(24)32)37(23)13-5-4-12-33-42(39,40)20-9-8-18-10-14-36(17-19(18)16-20)27(38)28(29,30)31/h2-3,6-9,16,33H,4-5,10-15,17H2,1H3,(H2,32,34). The molecule has 0 saturated heterocycles. The number of imidazole rings is 1. The summed E-state index contributed by atoms with van der Waals surface area (Å²) in [5, 5.41) is 0.918. The first kappa shape index (κ1) is 29.7. The number of nitrogens with zero attached hydrogens (tertiary/aromatic N) is 4. The third-order valence-electron chi connectivity index (χ3n) is 7.35. The molecule has 2 aromatic heterocycles. The van der Waals surface area contributed by atoms with Crippen molar-refractivity contribution in [2.45, 2.75) is 49.8 Å². The van der Waals surface area contributed by atoms with Crippen LogP contribution in [0, 0.1) is 0 Å². The van der Waals surface area contributed by atoms with Gasteiger partial charge in [-0.1, -0.05) is 24.3 Å². The second kappa shape index (κ2) is 11.9. The molecule has 14 heteroatoms. The quantitative estimate of drug-likeness (QED) is 0.265. The fraction of sp³-hybridized carbons (Fsp3) is 0.393. The Labute approximate surface area is 240 Å². The fourth-order valence-electron chi connectivity index (χ4n) is 5.27. The van der Waals surface area contributed by atoms with Gasteiger partial charge in [-0.3, -0.25) is 4.79 Å². The Hall–Kier alpha value is -3.75. The van der Waals surface area contributed by atoms with Gasteiger partial charge in [0.2, 0.25) is 10.0 Å². The lowest BCUT2D eigenvalue weighted by molar-refractivity contribution is -0.186. The lowest BCUT2D eigenvalue weighted by Gasteiger charge is -2.29. The largest absolute Gasteiger partial charge is 0.471 e. The lowest BCUT2D eigenvalue weighted by Crippen LogP contribution is -2.43. The number of fused-ring (bicyclic) bond motifs is 4. The average Bonchev–Trinajstić information content (AvgIpc) is 3.33. The van der Waals surface area contributed by atoms with Gasteiger partial charge in [-0.05, 0) is 48.6 Å². The number of sulfonamides is 1. The van der Waals surface area contributed by atoms with E-state index >= 15 is 0 Å². The molecule has 42 heavy (non-hydrogen) atoms. The van der Waals surface area contributed by atoms with Crippen molar-refractivity contribution in [3.8, 4) is 0 Å². The molecular weight excluding hydrogens is 573 g/mol. The van der Waals surface area contributed by atoms with Gasteiger partial charge in [0.05, 0.1) is 22.5 Å². The maximum absolute atomic E-state index is 13.0. The molecule has 0 fully saturated rings. The number of nitrogens with two attached hydrogens (primary N) is 1. The minimum atomic E-state index is -4.98. The number of halogens is 3. The molecule has 5 rings (SSSR count). The number of amides is 1. The zero-order valence-electron chi connectivity index (χ0n) is 22.9. The van der Waals surface area contributed by atoms with Crippen LogP contribution in [0.3, 0.4) is 0 Å². The first-order valence-electron chi connectivity index (χ1n) is 13.5. The highest BCUT2D eigenvalue weighted by molar-refractivity contribution is 7.89. The van der Waals surface area contributed by atoms with Crippen molar-refractivity contribution in [2.24, 2.45) is 0 Å². The predicted octanol–water partition coefficient (Wildman–Crippen LogP) is 3.56. The van der Waals surface area contributed by atoms with Crippen molar-refractivity contribution in [3.05, 3.63) is 59.4 Å². The molecule has 0 spiro atoms. The second-order valence-electron chi connectivity index (χ2n) is 10.1. The first-order chi connectivity index (χ1) is 20.0. The molecule has 3 N–H and O–H groups in total. The van der Waals surface area contributed by atoms with Crippen LogP contribution in [0.5, 0.6) is 0 Å². The topological polar surface area (TPSA) is 132 Å². The Bertz CT molecular complexity index is 1740. The third kappa shape index (κ3) is 6.05. The fourth-order valence-corrected chi connectivity index (χ4v) is 6.39. The molecule has 3 heterocycles. The van der Waals surface area contributed by atoms with Crippen LogP contribution in [0.1, 0.15) is 29.8 Å². The van der Waals surface area contributed by atoms with E-state index in [-0.39, 0.29) is 31.0 Å². The maximum Gasteiger partial charge on any atom is 0.471 e. The Morgan fingerprint density at radius 3 is 2.67 bits per heavy atom. The van der Waals surface area contributed by atoms with Crippen molar-refractivity contribution in [1.29, 1.82) is 0 Å². The minimum Gasteiger partial charge on any atom is -0.384 e. The molecule has 1 aliphatic heterocycles. The van der Waals surface area contributed by atoms with E-state index in [2.05, 4.69) is 14.3 Å². The number of pyridine rings is 1. The summed E-state index contributed by atoms with van der Waals surface area (Å²) in [4.78, 5) is 21.5. The summed E-state index contributed by atoms with van der Waals surface area (Å²) >= 11 is 0. The maximum atomic E-state index is 13.0. The van der Waals surface area contributed by atoms with E-state index in [1.165, 1.54) is 12.1 Å². The molecule has 0 atom stereocenters. The van der Waals surface area contributed by atoms with Gasteiger partial charge in [-0.25, -0.2) is 23.1 Å². The van der Waals surface area contributed by atoms with Gasteiger partial charge in [0.25, 0.3) is 0 Å². The summed E-state index contributed by atoms with van der Waals surface area (Å²) in [6, 6.07) is 12.0. The van der Waals surface area contributed by atoms with Gasteiger partial charge in [-0.2, -0.15) is 13.2 Å². The monoisotopic (exact) mass is 604 g/mol. The Kier molecular flexibility index (Phi) is 8.39. The van der Waals surface area contributed by atoms with Crippen molar-refractivity contribution >= 4 is 43.7 Å². The molecule has 2 aromatic carbocycles. The number of alkyl halides is 3. The summed E-state index contributed by atoms with van der Waals surface area (Å²) in [5.41, 5.74) is 9.58. The van der Waals surface area contributed by atoms with Crippen molar-refractivity contribution in [2.75, 3.05) is 32.5 Å². The van der Waals surface area contributed by atoms with Gasteiger partial charge in [-0.15, -0.1) is 0 Å². The van der Waals surface area contributed by atoms with Crippen LogP contribution < -0.4 is 10.5 Å². The van der Waals surface area contributed by atoms with Gasteiger partial charge < -0.3 is 19.9 Å². The number of hydrogen-bond acceptors (Lipinski definition) is 7. The van der Waals surface area contributed by atoms with Crippen LogP contribution in [0.15, 0.2) is 47.4 Å². The van der Waals surface area contributed by atoms with E-state index in [1.54, 1.807) is 13.2 Å². The summed E-state index contributed by atoms with van der Waals surface area (Å²) in [6.07, 6.45) is -3.05. The van der Waals surface area contributed by atoms with Gasteiger partial charge in [0, 0.05) is 45.1 Å². The van der Waals surface area contributed by atoms with Crippen molar-refractivity contribution in [3.63, 3.8) is 0 Å². The minimum absolute atomic E-state index is 0.0561. The molecule has 4 aromatic rings. The van der Waals surface area contributed by atoms with Crippen LogP contribution in [0.4, 0.5) is 19.0 Å². The van der Waals surface area contributed by atoms with Gasteiger partial charge in [0.15, 0.2) is 5.82 Å². The number of aryl methyl sites for hydroxylation is 1. The smallest absolute Gasteiger partial charge is 0.384 e. The lowest BCUT2D eigenvalue weighted by atomic mass is 10.00. The highest BCUT2D eigenvalue weighted by Gasteiger charge is 2.43. The molecule has 0 unspecified atom stereocenters. The Morgan fingerprint density at radius 2 is 1.90 bits per heavy atom. The van der Waals surface area contributed by atoms with Crippen LogP contribution in [-0.2, 0) is 45.5 Å². The van der Waals surface area contributed by atoms with E-state index in [1.807, 2.05) is 24.3 Å². The highest BCUT2D eigenvalue weighted by atomic mass is 32.2. The number of nitrogen functional groups attached to an aromatic ring is 1. The molecule has 1 aliphatic rings. The second-order valence-corrected chi connectivity index (χ2v) is 11.9. The number of para-hydroxylation sites is 1. The number of unbranched alkanes of at least 4 members (excludes halogenated alkanes) is 1. The van der Waals surface area contributed by atoms with E-state index in [0.29, 0.717) is 54.2 Å². The number of carbonyl (C=O) groups excluding carboxylic acids is 1. The van der Waals surface area contributed by atoms with Crippen LogP contribution in [0.25, 0.3) is 21.9 Å². The van der Waals surface area contributed by atoms with Crippen LogP contribution in [-0.4, -0.2) is 66.7 Å². The number of benzene rings is 2. The number of rotatable bonds is 10. The summed E-state index contributed by atoms with van der Waals surface area (Å²) in [6.45, 7) is 0.816. The predicted molar refractivity (Wildman–Crippen MR) is 151 cm³/mol. The van der Waals surface area contributed by atoms with Crippen LogP contribution >= 0.6 is 0 Å². The van der Waals surface area contributed by atoms with Crippen LogP contribution in [0.2, 0.25) is 0 Å². The first-order valence-corrected chi connectivity index (χ1v) is 15.0. The van der Waals surface area contributed by atoms with E-state index in [0.717, 1.165) is 27.8 Å². The molecule has 0 bridgehead atoms. The number of nitrogens with one attached hydrogen (secondary N) is 1. The van der Waals surface area contributed by atoms with Gasteiger partial charge >= 0.3 is 12.1 Å². The summed E-state index contributed by atoms with van der Waals surface area (Å²) in [5.74, 6) is -0.795. The van der Waals surface area contributed by atoms with Crippen molar-refractivity contribution in [1.82, 2.24) is 24.2 Å². The number of aromatic nitrogens is 3. The number of anilines is 1.